The molecule has 0 saturated carbocycles. The highest BCUT2D eigenvalue weighted by atomic mass is 32.1. The summed E-state index contributed by atoms with van der Waals surface area (Å²) in [6.07, 6.45) is 1.55. The van der Waals surface area contributed by atoms with Crippen molar-refractivity contribution in [1.82, 2.24) is 18.5 Å². The van der Waals surface area contributed by atoms with Gasteiger partial charge in [0.05, 0.1) is 24.0 Å². The molecule has 2 heterocycles. The number of rotatable bonds is 4. The maximum atomic E-state index is 12.5. The van der Waals surface area contributed by atoms with E-state index in [0.717, 1.165) is 24.8 Å². The minimum absolute atomic E-state index is 0.0191. The van der Waals surface area contributed by atoms with E-state index in [1.54, 1.807) is 6.20 Å². The van der Waals surface area contributed by atoms with Crippen LogP contribution in [0.3, 0.4) is 0 Å². The summed E-state index contributed by atoms with van der Waals surface area (Å²) in [4.78, 5) is 16.8. The summed E-state index contributed by atoms with van der Waals surface area (Å²) in [5.74, 6) is -0.0191. The Kier molecular flexibility index (Phi) is 5.04. The van der Waals surface area contributed by atoms with Gasteiger partial charge in [-0.05, 0) is 11.1 Å². The average molecular weight is 364 g/mol. The first-order chi connectivity index (χ1) is 12.8. The lowest BCUT2D eigenvalue weighted by atomic mass is 9.96. The van der Waals surface area contributed by atoms with Gasteiger partial charge in [0, 0.05) is 26.2 Å². The number of hydrogen-bond acceptors (Lipinski definition) is 5. The van der Waals surface area contributed by atoms with Gasteiger partial charge in [-0.2, -0.15) is 8.75 Å². The molecule has 6 heteroatoms. The molecular formula is C20H20N4OS. The molecule has 3 aromatic rings. The van der Waals surface area contributed by atoms with Crippen molar-refractivity contribution < 1.29 is 4.79 Å². The Labute approximate surface area is 157 Å². The fourth-order valence-electron chi connectivity index (χ4n) is 3.49. The summed E-state index contributed by atoms with van der Waals surface area (Å²) in [7, 11) is 0. The second-order valence-corrected chi connectivity index (χ2v) is 6.90. The number of benzene rings is 2. The van der Waals surface area contributed by atoms with E-state index in [-0.39, 0.29) is 11.9 Å². The van der Waals surface area contributed by atoms with E-state index >= 15 is 0 Å². The van der Waals surface area contributed by atoms with Crippen molar-refractivity contribution in [3.05, 3.63) is 83.7 Å². The molecule has 4 rings (SSSR count). The standard InChI is InChI=1S/C20H20N4OS/c25-20(18-15-21-26-22-18)24-13-11-23(12-14-24)19(16-7-3-1-4-8-16)17-9-5-2-6-10-17/h1-10,15,19H,11-14H2. The molecule has 0 unspecified atom stereocenters. The lowest BCUT2D eigenvalue weighted by Gasteiger charge is -2.39. The normalized spacial score (nSPS) is 15.3. The molecule has 26 heavy (non-hydrogen) atoms. The summed E-state index contributed by atoms with van der Waals surface area (Å²) in [6, 6.07) is 21.3. The molecule has 1 fully saturated rings. The van der Waals surface area contributed by atoms with Crippen LogP contribution < -0.4 is 0 Å². The van der Waals surface area contributed by atoms with Crippen molar-refractivity contribution in [3.8, 4) is 0 Å². The third-order valence-electron chi connectivity index (χ3n) is 4.78. The van der Waals surface area contributed by atoms with Crippen LogP contribution in [-0.2, 0) is 0 Å². The van der Waals surface area contributed by atoms with Gasteiger partial charge in [-0.25, -0.2) is 0 Å². The topological polar surface area (TPSA) is 49.3 Å². The third kappa shape index (κ3) is 3.52. The Morgan fingerprint density at radius 2 is 1.46 bits per heavy atom. The highest BCUT2D eigenvalue weighted by Gasteiger charge is 2.29. The fourth-order valence-corrected chi connectivity index (χ4v) is 3.90. The molecule has 0 N–H and O–H groups in total. The Morgan fingerprint density at radius 1 is 0.885 bits per heavy atom. The molecule has 5 nitrogen and oxygen atoms in total. The molecule has 0 bridgehead atoms. The Morgan fingerprint density at radius 3 is 1.96 bits per heavy atom. The zero-order valence-electron chi connectivity index (χ0n) is 14.4. The maximum Gasteiger partial charge on any atom is 0.275 e. The number of hydrogen-bond donors (Lipinski definition) is 0. The Bertz CT molecular complexity index is 791. The highest BCUT2D eigenvalue weighted by Crippen LogP contribution is 2.29. The van der Waals surface area contributed by atoms with Crippen molar-refractivity contribution >= 4 is 17.6 Å². The van der Waals surface area contributed by atoms with Crippen molar-refractivity contribution in [2.45, 2.75) is 6.04 Å². The van der Waals surface area contributed by atoms with Crippen LogP contribution in [0.15, 0.2) is 66.9 Å². The van der Waals surface area contributed by atoms with Crippen LogP contribution in [0.1, 0.15) is 27.7 Å². The van der Waals surface area contributed by atoms with E-state index in [1.807, 2.05) is 17.0 Å². The van der Waals surface area contributed by atoms with E-state index in [9.17, 15) is 4.79 Å². The van der Waals surface area contributed by atoms with Gasteiger partial charge >= 0.3 is 0 Å². The Balaban J connectivity index is 1.52. The zero-order chi connectivity index (χ0) is 17.8. The van der Waals surface area contributed by atoms with E-state index in [1.165, 1.54) is 11.1 Å². The second-order valence-electron chi connectivity index (χ2n) is 6.34. The van der Waals surface area contributed by atoms with Crippen molar-refractivity contribution in [1.29, 1.82) is 0 Å². The van der Waals surface area contributed by atoms with Gasteiger partial charge < -0.3 is 4.90 Å². The highest BCUT2D eigenvalue weighted by molar-refractivity contribution is 6.99. The summed E-state index contributed by atoms with van der Waals surface area (Å²) in [6.45, 7) is 3.06. The van der Waals surface area contributed by atoms with E-state index in [2.05, 4.69) is 62.2 Å². The van der Waals surface area contributed by atoms with Crippen molar-refractivity contribution in [3.63, 3.8) is 0 Å². The first kappa shape index (κ1) is 16.9. The van der Waals surface area contributed by atoms with Crippen LogP contribution in [-0.4, -0.2) is 50.6 Å². The van der Waals surface area contributed by atoms with Gasteiger partial charge in [-0.1, -0.05) is 60.7 Å². The third-order valence-corrected chi connectivity index (χ3v) is 5.26. The molecule has 2 aromatic carbocycles. The molecule has 0 spiro atoms. The van der Waals surface area contributed by atoms with Gasteiger partial charge in [-0.15, -0.1) is 0 Å². The lowest BCUT2D eigenvalue weighted by Crippen LogP contribution is -2.49. The van der Waals surface area contributed by atoms with Crippen LogP contribution in [0.25, 0.3) is 0 Å². The molecule has 0 aliphatic carbocycles. The number of carbonyl (C=O) groups excluding carboxylic acids is 1. The predicted octanol–water partition coefficient (Wildman–Crippen LogP) is 3.09. The molecule has 0 radical (unpaired) electrons. The monoisotopic (exact) mass is 364 g/mol. The van der Waals surface area contributed by atoms with Gasteiger partial charge in [-0.3, -0.25) is 9.69 Å². The van der Waals surface area contributed by atoms with Crippen LogP contribution in [0.2, 0.25) is 0 Å². The van der Waals surface area contributed by atoms with E-state index < -0.39 is 0 Å². The van der Waals surface area contributed by atoms with Crippen LogP contribution in [0.4, 0.5) is 0 Å². The second kappa shape index (κ2) is 7.76. The van der Waals surface area contributed by atoms with Crippen LogP contribution in [0, 0.1) is 0 Å². The molecule has 1 saturated heterocycles. The number of aromatic nitrogens is 2. The number of piperazine rings is 1. The summed E-state index contributed by atoms with van der Waals surface area (Å²) < 4.78 is 8.00. The van der Waals surface area contributed by atoms with Gasteiger partial charge in [0.15, 0.2) is 5.69 Å². The first-order valence-corrected chi connectivity index (χ1v) is 9.47. The molecule has 1 aromatic heterocycles. The maximum absolute atomic E-state index is 12.5. The van der Waals surface area contributed by atoms with E-state index in [4.69, 9.17) is 0 Å². The minimum atomic E-state index is -0.0191. The summed E-state index contributed by atoms with van der Waals surface area (Å²) in [5.41, 5.74) is 3.01. The Hall–Kier alpha value is -2.57. The quantitative estimate of drug-likeness (QED) is 0.714. The molecule has 1 aliphatic heterocycles. The average Bonchev–Trinajstić information content (AvgIpc) is 3.25. The SMILES string of the molecule is O=C(c1cnsn1)N1CCN(C(c2ccccc2)c2ccccc2)CC1. The molecule has 1 amide bonds. The predicted molar refractivity (Wildman–Crippen MR) is 102 cm³/mol. The number of carbonyl (C=O) groups is 1. The van der Waals surface area contributed by atoms with Crippen LogP contribution in [0.5, 0.6) is 0 Å². The largest absolute Gasteiger partial charge is 0.335 e. The minimum Gasteiger partial charge on any atom is -0.335 e. The number of amides is 1. The van der Waals surface area contributed by atoms with Gasteiger partial charge in [0.1, 0.15) is 0 Å². The molecule has 132 valence electrons. The van der Waals surface area contributed by atoms with Crippen molar-refractivity contribution in [2.75, 3.05) is 26.2 Å². The molecule has 0 atom stereocenters. The zero-order valence-corrected chi connectivity index (χ0v) is 15.2. The summed E-state index contributed by atoms with van der Waals surface area (Å²) in [5, 5.41) is 0. The lowest BCUT2D eigenvalue weighted by molar-refractivity contribution is 0.0593. The van der Waals surface area contributed by atoms with Crippen LogP contribution >= 0.6 is 11.7 Å². The van der Waals surface area contributed by atoms with Gasteiger partial charge in [0.2, 0.25) is 0 Å². The fraction of sp³-hybridized carbons (Fsp3) is 0.250. The smallest absolute Gasteiger partial charge is 0.275 e. The first-order valence-electron chi connectivity index (χ1n) is 8.74. The summed E-state index contributed by atoms with van der Waals surface area (Å²) >= 11 is 1.07. The molecule has 1 aliphatic rings. The van der Waals surface area contributed by atoms with Gasteiger partial charge in [0.25, 0.3) is 5.91 Å². The molecular weight excluding hydrogens is 344 g/mol. The van der Waals surface area contributed by atoms with E-state index in [0.29, 0.717) is 18.8 Å². The number of nitrogens with zero attached hydrogens (tertiary/aromatic N) is 4. The van der Waals surface area contributed by atoms with Crippen molar-refractivity contribution in [2.24, 2.45) is 0 Å².